The summed E-state index contributed by atoms with van der Waals surface area (Å²) in [5.74, 6) is -0.751. The predicted octanol–water partition coefficient (Wildman–Crippen LogP) is 11.9. The quantitative estimate of drug-likeness (QED) is 0.183. The Labute approximate surface area is 300 Å². The van der Waals surface area contributed by atoms with E-state index in [1.54, 1.807) is 12.1 Å². The number of benzene rings is 2. The maximum Gasteiger partial charge on any atom is 0.229 e. The molecule has 1 aliphatic carbocycles. The van der Waals surface area contributed by atoms with Gasteiger partial charge in [0.25, 0.3) is 0 Å². The molecule has 50 heavy (non-hydrogen) atoms. The van der Waals surface area contributed by atoms with E-state index in [0.717, 1.165) is 27.8 Å². The fraction of sp³-hybridized carbons (Fsp3) is 0.571. The highest BCUT2D eigenvalue weighted by Crippen LogP contribution is 2.43. The third kappa shape index (κ3) is 11.6. The van der Waals surface area contributed by atoms with Gasteiger partial charge in [0.1, 0.15) is 22.9 Å². The van der Waals surface area contributed by atoms with E-state index < -0.39 is 5.78 Å². The van der Waals surface area contributed by atoms with Gasteiger partial charge in [0.05, 0.1) is 0 Å². The van der Waals surface area contributed by atoms with Crippen molar-refractivity contribution in [1.29, 1.82) is 0 Å². The highest BCUT2D eigenvalue weighted by molar-refractivity contribution is 6.48. The Morgan fingerprint density at radius 3 is 1.04 bits per heavy atom. The maximum atomic E-state index is 11.8. The number of allylic oxidation sites excluding steroid dienone is 4. The molecule has 0 unspecified atom stereocenters. The molecule has 0 fully saturated rings. The first kappa shape index (κ1) is 44.1. The smallest absolute Gasteiger partial charge is 0.229 e. The summed E-state index contributed by atoms with van der Waals surface area (Å²) in [5.41, 5.74) is 4.38. The Kier molecular flexibility index (Phi) is 13.3. The van der Waals surface area contributed by atoms with Gasteiger partial charge in [-0.05, 0) is 77.8 Å². The minimum Gasteiger partial charge on any atom is -0.505 e. The zero-order valence-corrected chi connectivity index (χ0v) is 33.9. The number of nitroso groups, excluding NO2 is 2. The SMILES string of the molecule is CC(C)(C)C1=CC(=O)C(=O)C(C(C)(C)C)=C1.CC(C)(C)c1cc(N=O)c(O)c(C(C)(C)C)c1.CC(C)(C)c1cc(N=O)c(O)c(C(C)(C)C)c1. The highest BCUT2D eigenvalue weighted by Gasteiger charge is 2.33. The van der Waals surface area contributed by atoms with E-state index in [4.69, 9.17) is 0 Å². The normalized spacial score (nSPS) is 14.4. The van der Waals surface area contributed by atoms with Crippen LogP contribution < -0.4 is 0 Å². The molecule has 0 amide bonds. The van der Waals surface area contributed by atoms with Crippen LogP contribution in [0.4, 0.5) is 11.4 Å². The lowest BCUT2D eigenvalue weighted by Gasteiger charge is -2.28. The van der Waals surface area contributed by atoms with E-state index in [9.17, 15) is 29.6 Å². The number of carbonyl (C=O) groups is 2. The van der Waals surface area contributed by atoms with Crippen molar-refractivity contribution in [2.24, 2.45) is 21.2 Å². The zero-order chi connectivity index (χ0) is 39.6. The molecular weight excluding hydrogens is 628 g/mol. The molecule has 0 bridgehead atoms. The average Bonchev–Trinajstić information content (AvgIpc) is 2.91. The van der Waals surface area contributed by atoms with Crippen molar-refractivity contribution in [1.82, 2.24) is 0 Å². The molecule has 2 aromatic carbocycles. The second-order valence-corrected chi connectivity index (χ2v) is 19.3. The molecule has 2 aromatic rings. The van der Waals surface area contributed by atoms with Gasteiger partial charge in [-0.15, -0.1) is 9.81 Å². The summed E-state index contributed by atoms with van der Waals surface area (Å²) in [7, 11) is 0. The van der Waals surface area contributed by atoms with Crippen LogP contribution in [0, 0.1) is 20.6 Å². The van der Waals surface area contributed by atoms with Gasteiger partial charge in [0, 0.05) is 16.7 Å². The first-order valence-corrected chi connectivity index (χ1v) is 17.1. The summed E-state index contributed by atoms with van der Waals surface area (Å²) in [6.07, 6.45) is 3.35. The van der Waals surface area contributed by atoms with Gasteiger partial charge in [-0.2, -0.15) is 0 Å². The molecule has 0 aromatic heterocycles. The van der Waals surface area contributed by atoms with Gasteiger partial charge in [0.15, 0.2) is 0 Å². The van der Waals surface area contributed by atoms with E-state index in [1.807, 2.05) is 101 Å². The molecule has 3 rings (SSSR count). The fourth-order valence-electron chi connectivity index (χ4n) is 4.98. The van der Waals surface area contributed by atoms with Crippen LogP contribution in [0.3, 0.4) is 0 Å². The Balaban J connectivity index is 0.000000375. The van der Waals surface area contributed by atoms with Crippen molar-refractivity contribution in [3.63, 3.8) is 0 Å². The Bertz CT molecular complexity index is 1580. The molecule has 0 radical (unpaired) electrons. The van der Waals surface area contributed by atoms with Gasteiger partial charge >= 0.3 is 0 Å². The van der Waals surface area contributed by atoms with Crippen LogP contribution in [-0.2, 0) is 31.2 Å². The van der Waals surface area contributed by atoms with Crippen LogP contribution in [0.2, 0.25) is 0 Å². The molecule has 8 nitrogen and oxygen atoms in total. The summed E-state index contributed by atoms with van der Waals surface area (Å²) < 4.78 is 0. The average molecular weight is 691 g/mol. The number of aromatic hydroxyl groups is 2. The van der Waals surface area contributed by atoms with E-state index in [1.165, 1.54) is 6.08 Å². The Hall–Kier alpha value is -3.94. The van der Waals surface area contributed by atoms with Gasteiger partial charge in [0.2, 0.25) is 11.6 Å². The first-order valence-electron chi connectivity index (χ1n) is 17.1. The minimum atomic E-state index is -0.391. The van der Waals surface area contributed by atoms with E-state index in [-0.39, 0.29) is 61.1 Å². The largest absolute Gasteiger partial charge is 0.505 e. The van der Waals surface area contributed by atoms with E-state index in [0.29, 0.717) is 5.57 Å². The first-order chi connectivity index (χ1) is 22.2. The topological polar surface area (TPSA) is 133 Å². The van der Waals surface area contributed by atoms with E-state index in [2.05, 4.69) is 51.9 Å². The number of phenols is 2. The van der Waals surface area contributed by atoms with Crippen molar-refractivity contribution in [2.75, 3.05) is 0 Å². The summed E-state index contributed by atoms with van der Waals surface area (Å²) in [6, 6.07) is 7.25. The number of hydrogen-bond acceptors (Lipinski definition) is 8. The van der Waals surface area contributed by atoms with E-state index >= 15 is 0 Å². The lowest BCUT2D eigenvalue weighted by atomic mass is 9.74. The number of nitrogens with zero attached hydrogens (tertiary/aromatic N) is 2. The zero-order valence-electron chi connectivity index (χ0n) is 33.9. The number of rotatable bonds is 2. The fourth-order valence-corrected chi connectivity index (χ4v) is 4.98. The number of hydrogen-bond donors (Lipinski definition) is 2. The van der Waals surface area contributed by atoms with Crippen LogP contribution in [0.5, 0.6) is 11.5 Å². The molecule has 0 aliphatic heterocycles. The van der Waals surface area contributed by atoms with Gasteiger partial charge in [-0.25, -0.2) is 0 Å². The molecule has 0 spiro atoms. The maximum absolute atomic E-state index is 11.8. The molecule has 2 N–H and O–H groups in total. The number of Topliss-reactive ketones (excluding diaryl/α,β-unsaturated/α-hetero) is 1. The lowest BCUT2D eigenvalue weighted by molar-refractivity contribution is -0.132. The van der Waals surface area contributed by atoms with Crippen LogP contribution in [-0.4, -0.2) is 21.8 Å². The monoisotopic (exact) mass is 690 g/mol. The van der Waals surface area contributed by atoms with Crippen LogP contribution in [0.1, 0.15) is 147 Å². The molecule has 0 atom stereocenters. The van der Waals surface area contributed by atoms with Crippen LogP contribution in [0.25, 0.3) is 0 Å². The second-order valence-electron chi connectivity index (χ2n) is 19.3. The van der Waals surface area contributed by atoms with Crippen LogP contribution >= 0.6 is 0 Å². The molecule has 276 valence electrons. The molecule has 0 saturated carbocycles. The summed E-state index contributed by atoms with van der Waals surface area (Å²) in [6.45, 7) is 36.4. The number of ketones is 2. The second kappa shape index (κ2) is 15.1. The molecule has 8 heteroatoms. The predicted molar refractivity (Wildman–Crippen MR) is 207 cm³/mol. The number of carbonyl (C=O) groups excluding carboxylic acids is 2. The van der Waals surface area contributed by atoms with Gasteiger partial charge in [-0.3, -0.25) is 9.59 Å². The summed E-state index contributed by atoms with van der Waals surface area (Å²) in [5, 5.41) is 25.9. The molecule has 0 heterocycles. The molecule has 0 saturated heterocycles. The number of phenolic OH excluding ortho intramolecular Hbond substituents is 2. The third-order valence-electron chi connectivity index (χ3n) is 8.45. The third-order valence-corrected chi connectivity index (χ3v) is 8.45. The minimum absolute atomic E-state index is 0.000463. The Morgan fingerprint density at radius 2 is 0.800 bits per heavy atom. The standard InChI is InChI=1S/2C14H21NO2.C14H20O2/c2*1-13(2,3)9-7-10(14(4,5)6)12(16)11(8-9)15-17;1-13(2,3)9-7-10(14(4,5)6)12(16)11(15)8-9/h2*7-8,16H,1-6H3;7-8H,1-6H3. The summed E-state index contributed by atoms with van der Waals surface area (Å²) >= 11 is 0. The van der Waals surface area contributed by atoms with Crippen molar-refractivity contribution in [2.45, 2.75) is 146 Å². The Morgan fingerprint density at radius 1 is 0.460 bits per heavy atom. The highest BCUT2D eigenvalue weighted by atomic mass is 16.3. The summed E-state index contributed by atoms with van der Waals surface area (Å²) in [4.78, 5) is 45.0. The van der Waals surface area contributed by atoms with Crippen molar-refractivity contribution in [3.05, 3.63) is 79.6 Å². The molecular formula is C42H62N2O6. The van der Waals surface area contributed by atoms with Gasteiger partial charge in [-0.1, -0.05) is 143 Å². The van der Waals surface area contributed by atoms with Crippen molar-refractivity contribution >= 4 is 22.9 Å². The van der Waals surface area contributed by atoms with Crippen molar-refractivity contribution in [3.8, 4) is 11.5 Å². The molecule has 1 aliphatic rings. The lowest BCUT2D eigenvalue weighted by Crippen LogP contribution is -2.28. The van der Waals surface area contributed by atoms with Gasteiger partial charge < -0.3 is 10.2 Å². The van der Waals surface area contributed by atoms with Crippen LogP contribution in [0.15, 0.2) is 57.9 Å². The van der Waals surface area contributed by atoms with Crippen molar-refractivity contribution < 1.29 is 19.8 Å².